The van der Waals surface area contributed by atoms with Crippen molar-refractivity contribution in [3.05, 3.63) is 18.6 Å². The molecule has 1 N–H and O–H groups in total. The lowest BCUT2D eigenvalue weighted by Crippen LogP contribution is -2.28. The van der Waals surface area contributed by atoms with Gasteiger partial charge in [0.1, 0.15) is 0 Å². The molecule has 2 heteroatoms. The van der Waals surface area contributed by atoms with Crippen LogP contribution in [0.5, 0.6) is 0 Å². The zero-order valence-electron chi connectivity index (χ0n) is 6.14. The van der Waals surface area contributed by atoms with Crippen LogP contribution in [-0.2, 0) is 0 Å². The quantitative estimate of drug-likeness (QED) is 0.430. The summed E-state index contributed by atoms with van der Waals surface area (Å²) in [6.45, 7) is 5.70. The maximum absolute atomic E-state index is 6.99. The lowest BCUT2D eigenvalue weighted by Gasteiger charge is -2.25. The predicted molar refractivity (Wildman–Crippen MR) is 43.0 cm³/mol. The highest BCUT2D eigenvalue weighted by atomic mass is 15.1. The molecule has 1 fully saturated rings. The summed E-state index contributed by atoms with van der Waals surface area (Å²) in [5.41, 5.74) is 1.43. The highest BCUT2D eigenvalue weighted by Crippen LogP contribution is 2.13. The first-order chi connectivity index (χ1) is 4.86. The first kappa shape index (κ1) is 7.32. The van der Waals surface area contributed by atoms with Crippen LogP contribution < -0.4 is 0 Å². The third-order valence-electron chi connectivity index (χ3n) is 1.91. The molecule has 10 heavy (non-hydrogen) atoms. The molecule has 2 nitrogen and oxygen atoms in total. The molecule has 1 radical (unpaired) electrons. The van der Waals surface area contributed by atoms with Gasteiger partial charge in [0.05, 0.1) is 6.34 Å². The van der Waals surface area contributed by atoms with Gasteiger partial charge in [0.25, 0.3) is 0 Å². The largest absolute Gasteiger partial charge is 0.363 e. The van der Waals surface area contributed by atoms with Gasteiger partial charge in [-0.25, -0.2) is 0 Å². The van der Waals surface area contributed by atoms with Crippen LogP contribution in [0.3, 0.4) is 0 Å². The average Bonchev–Trinajstić information content (AvgIpc) is 2.05. The third kappa shape index (κ3) is 1.59. The Kier molecular flexibility index (Phi) is 2.49. The number of likely N-dealkylation sites (tertiary alicyclic amines) is 1. The Bertz CT molecular complexity index is 139. The molecule has 0 aromatic rings. The van der Waals surface area contributed by atoms with Crippen molar-refractivity contribution in [2.45, 2.75) is 12.8 Å². The van der Waals surface area contributed by atoms with Gasteiger partial charge in [0, 0.05) is 13.1 Å². The summed E-state index contributed by atoms with van der Waals surface area (Å²) in [6.07, 6.45) is 5.53. The lowest BCUT2D eigenvalue weighted by molar-refractivity contribution is 0.397. The van der Waals surface area contributed by atoms with Crippen LogP contribution in [-0.4, -0.2) is 24.3 Å². The molecule has 0 aromatic heterocycles. The molecule has 1 heterocycles. The summed E-state index contributed by atoms with van der Waals surface area (Å²) in [6, 6.07) is 0. The number of hydrogen-bond acceptors (Lipinski definition) is 1. The second-order valence-corrected chi connectivity index (χ2v) is 2.53. The molecule has 1 saturated heterocycles. The summed E-state index contributed by atoms with van der Waals surface area (Å²) in [5.74, 6) is 0. The molecule has 55 valence electrons. The maximum atomic E-state index is 6.99. The van der Waals surface area contributed by atoms with Gasteiger partial charge in [-0.05, 0) is 19.8 Å². The Labute approximate surface area is 62.0 Å². The normalized spacial score (nSPS) is 18.9. The van der Waals surface area contributed by atoms with Gasteiger partial charge < -0.3 is 4.90 Å². The molecule has 0 amide bonds. The van der Waals surface area contributed by atoms with E-state index in [0.717, 1.165) is 25.9 Å². The molecule has 0 spiro atoms. The van der Waals surface area contributed by atoms with Crippen LogP contribution in [0.25, 0.3) is 0 Å². The summed E-state index contributed by atoms with van der Waals surface area (Å²) in [4.78, 5) is 2.02. The van der Waals surface area contributed by atoms with Crippen molar-refractivity contribution in [1.82, 2.24) is 4.90 Å². The van der Waals surface area contributed by atoms with Crippen molar-refractivity contribution < 1.29 is 0 Å². The molecular formula is C8H13N2. The molecule has 0 bridgehead atoms. The first-order valence-corrected chi connectivity index (χ1v) is 3.58. The van der Waals surface area contributed by atoms with Crippen LogP contribution in [0.1, 0.15) is 12.8 Å². The second-order valence-electron chi connectivity index (χ2n) is 2.53. The van der Waals surface area contributed by atoms with E-state index in [1.54, 1.807) is 0 Å². The molecule has 0 saturated carbocycles. The number of rotatable bonds is 1. The number of nitrogens with one attached hydrogen (secondary N) is 1. The van der Waals surface area contributed by atoms with Crippen LogP contribution in [0, 0.1) is 12.3 Å². The average molecular weight is 137 g/mol. The Balaban J connectivity index is 2.37. The van der Waals surface area contributed by atoms with Gasteiger partial charge in [-0.15, -0.1) is 0 Å². The van der Waals surface area contributed by atoms with Gasteiger partial charge in [-0.3, -0.25) is 5.41 Å². The topological polar surface area (TPSA) is 27.1 Å². The molecule has 0 aliphatic carbocycles. The molecule has 1 rings (SSSR count). The van der Waals surface area contributed by atoms with E-state index >= 15 is 0 Å². The molecular weight excluding hydrogens is 124 g/mol. The fourth-order valence-corrected chi connectivity index (χ4v) is 1.14. The minimum Gasteiger partial charge on any atom is -0.363 e. The van der Waals surface area contributed by atoms with E-state index in [1.165, 1.54) is 11.9 Å². The van der Waals surface area contributed by atoms with Gasteiger partial charge >= 0.3 is 0 Å². The molecule has 0 aromatic carbocycles. The zero-order valence-corrected chi connectivity index (χ0v) is 6.14. The minimum absolute atomic E-state index is 0.991. The number of nitrogens with zero attached hydrogens (tertiary/aromatic N) is 1. The SMILES string of the molecule is [CH2]C=C1CCN(C=N)CC1. The minimum atomic E-state index is 0.991. The maximum Gasteiger partial charge on any atom is 0.0817 e. The van der Waals surface area contributed by atoms with Crippen molar-refractivity contribution in [1.29, 1.82) is 5.41 Å². The van der Waals surface area contributed by atoms with E-state index in [4.69, 9.17) is 5.41 Å². The number of hydrogen-bond donors (Lipinski definition) is 1. The summed E-state index contributed by atoms with van der Waals surface area (Å²) in [5, 5.41) is 6.99. The van der Waals surface area contributed by atoms with Crippen LogP contribution in [0.4, 0.5) is 0 Å². The van der Waals surface area contributed by atoms with E-state index in [2.05, 4.69) is 6.92 Å². The van der Waals surface area contributed by atoms with Gasteiger partial charge in [0.2, 0.25) is 0 Å². The fraction of sp³-hybridized carbons (Fsp3) is 0.500. The highest BCUT2D eigenvalue weighted by Gasteiger charge is 2.08. The summed E-state index contributed by atoms with van der Waals surface area (Å²) >= 11 is 0. The van der Waals surface area contributed by atoms with Crippen LogP contribution >= 0.6 is 0 Å². The zero-order chi connectivity index (χ0) is 7.40. The monoisotopic (exact) mass is 137 g/mol. The van der Waals surface area contributed by atoms with Crippen molar-refractivity contribution in [3.63, 3.8) is 0 Å². The Morgan fingerprint density at radius 1 is 1.40 bits per heavy atom. The standard InChI is InChI=1S/C8H13N2/c1-2-8-3-5-10(7-9)6-4-8/h2,7,9H,1,3-6H2. The second kappa shape index (κ2) is 3.40. The van der Waals surface area contributed by atoms with Gasteiger partial charge in [0.15, 0.2) is 0 Å². The number of allylic oxidation sites excluding steroid dienone is 1. The van der Waals surface area contributed by atoms with E-state index in [9.17, 15) is 0 Å². The van der Waals surface area contributed by atoms with E-state index in [1.807, 2.05) is 11.0 Å². The Morgan fingerprint density at radius 3 is 2.40 bits per heavy atom. The van der Waals surface area contributed by atoms with Crippen molar-refractivity contribution in [3.8, 4) is 0 Å². The van der Waals surface area contributed by atoms with E-state index in [-0.39, 0.29) is 0 Å². The molecule has 1 aliphatic rings. The van der Waals surface area contributed by atoms with Crippen LogP contribution in [0.2, 0.25) is 0 Å². The smallest absolute Gasteiger partial charge is 0.0817 e. The van der Waals surface area contributed by atoms with Crippen LogP contribution in [0.15, 0.2) is 11.6 Å². The van der Waals surface area contributed by atoms with Crippen molar-refractivity contribution in [2.75, 3.05) is 13.1 Å². The van der Waals surface area contributed by atoms with Gasteiger partial charge in [-0.1, -0.05) is 11.6 Å². The molecule has 0 atom stereocenters. The lowest BCUT2D eigenvalue weighted by atomic mass is 10.0. The predicted octanol–water partition coefficient (Wildman–Crippen LogP) is 1.45. The Morgan fingerprint density at radius 2 is 2.00 bits per heavy atom. The van der Waals surface area contributed by atoms with Crippen molar-refractivity contribution in [2.24, 2.45) is 0 Å². The first-order valence-electron chi connectivity index (χ1n) is 3.58. The fourth-order valence-electron chi connectivity index (χ4n) is 1.14. The third-order valence-corrected chi connectivity index (χ3v) is 1.91. The molecule has 1 aliphatic heterocycles. The van der Waals surface area contributed by atoms with E-state index < -0.39 is 0 Å². The summed E-state index contributed by atoms with van der Waals surface area (Å²) in [7, 11) is 0. The molecule has 0 unspecified atom stereocenters. The van der Waals surface area contributed by atoms with Gasteiger partial charge in [-0.2, -0.15) is 0 Å². The number of piperidine rings is 1. The van der Waals surface area contributed by atoms with Crippen molar-refractivity contribution >= 4 is 6.34 Å². The Hall–Kier alpha value is -0.790. The summed E-state index contributed by atoms with van der Waals surface area (Å²) < 4.78 is 0. The van der Waals surface area contributed by atoms with E-state index in [0.29, 0.717) is 0 Å². The highest BCUT2D eigenvalue weighted by molar-refractivity contribution is 5.51.